The number of ether oxygens (including phenoxy) is 3. The minimum absolute atomic E-state index is 0.0578. The smallest absolute Gasteiger partial charge is 0.485 e. The average molecular weight is 792 g/mol. The highest BCUT2D eigenvalue weighted by Gasteiger charge is 2.32. The topological polar surface area (TPSA) is 75.6 Å². The number of hydrogen-bond donors (Lipinski definition) is 2. The van der Waals surface area contributed by atoms with Crippen molar-refractivity contribution in [2.45, 2.75) is 52.3 Å². The first-order valence-corrected chi connectivity index (χ1v) is 18.0. The van der Waals surface area contributed by atoms with E-state index >= 15 is 0 Å². The average Bonchev–Trinajstić information content (AvgIpc) is 3.64. The van der Waals surface area contributed by atoms with Gasteiger partial charge in [-0.05, 0) is 110 Å². The van der Waals surface area contributed by atoms with Crippen LogP contribution in [-0.4, -0.2) is 35.6 Å². The summed E-state index contributed by atoms with van der Waals surface area (Å²) in [6.45, 7) is 4.35. The fraction of sp³-hybridized carbons (Fsp3) is 0.300. The molecule has 0 fully saturated rings. The number of likely N-dealkylation sites (N-methyl/N-ethyl adjacent to an activating group) is 1. The van der Waals surface area contributed by atoms with Crippen molar-refractivity contribution in [3.63, 3.8) is 0 Å². The molecule has 0 amide bonds. The van der Waals surface area contributed by atoms with Crippen LogP contribution in [0.4, 0.5) is 22.0 Å². The molecule has 0 unspecified atom stereocenters. The van der Waals surface area contributed by atoms with Gasteiger partial charge in [-0.2, -0.15) is 0 Å². The van der Waals surface area contributed by atoms with E-state index in [0.717, 1.165) is 52.1 Å². The molecule has 0 bridgehead atoms. The summed E-state index contributed by atoms with van der Waals surface area (Å²) in [5.41, 5.74) is 10.8. The van der Waals surface area contributed by atoms with Crippen LogP contribution < -0.4 is 25.3 Å². The first kappa shape index (κ1) is 40.7. The molecule has 3 N–H and O–H groups in total. The zero-order chi connectivity index (χ0) is 39.0. The van der Waals surface area contributed by atoms with E-state index in [2.05, 4.69) is 27.7 Å². The monoisotopic (exact) mass is 790 g/mol. The van der Waals surface area contributed by atoms with Crippen LogP contribution in [0.3, 0.4) is 0 Å². The molecule has 0 aliphatic carbocycles. The lowest BCUT2D eigenvalue weighted by Crippen LogP contribution is -2.17. The second-order valence-electron chi connectivity index (χ2n) is 12.6. The van der Waals surface area contributed by atoms with Crippen LogP contribution in [0.5, 0.6) is 17.2 Å². The minimum atomic E-state index is -4.87. The molecule has 14 heteroatoms. The van der Waals surface area contributed by atoms with Crippen LogP contribution in [0.25, 0.3) is 21.8 Å². The highest BCUT2D eigenvalue weighted by molar-refractivity contribution is 6.32. The summed E-state index contributed by atoms with van der Waals surface area (Å²) in [5.74, 6) is -1.08. The Bertz CT molecular complexity index is 2190. The van der Waals surface area contributed by atoms with Gasteiger partial charge in [0.2, 0.25) is 0 Å². The third-order valence-electron chi connectivity index (χ3n) is 8.59. The third kappa shape index (κ3) is 9.97. The maximum Gasteiger partial charge on any atom is 0.573 e. The second kappa shape index (κ2) is 18.2. The van der Waals surface area contributed by atoms with Gasteiger partial charge >= 0.3 is 6.36 Å². The number of aryl methyl sites for hydroxylation is 2. The van der Waals surface area contributed by atoms with Gasteiger partial charge in [0.1, 0.15) is 19.0 Å². The quantitative estimate of drug-likeness (QED) is 0.108. The summed E-state index contributed by atoms with van der Waals surface area (Å²) < 4.78 is 86.1. The van der Waals surface area contributed by atoms with E-state index < -0.39 is 17.9 Å². The molecule has 0 saturated carbocycles. The first-order chi connectivity index (χ1) is 25.8. The molecule has 54 heavy (non-hydrogen) atoms. The van der Waals surface area contributed by atoms with Gasteiger partial charge in [-0.1, -0.05) is 48.3 Å². The number of nitrogens with zero attached hydrogens (tertiary/aromatic N) is 2. The third-order valence-corrected chi connectivity index (χ3v) is 9.16. The summed E-state index contributed by atoms with van der Waals surface area (Å²) in [5, 5.41) is 5.00. The molecule has 7 nitrogen and oxygen atoms in total. The van der Waals surface area contributed by atoms with E-state index in [1.54, 1.807) is 18.2 Å². The summed E-state index contributed by atoms with van der Waals surface area (Å²) in [6, 6.07) is 17.5. The van der Waals surface area contributed by atoms with Gasteiger partial charge in [0.25, 0.3) is 0 Å². The Morgan fingerprint density at radius 3 is 1.98 bits per heavy atom. The maximum absolute atomic E-state index is 14.6. The van der Waals surface area contributed by atoms with Crippen molar-refractivity contribution in [3.05, 3.63) is 123 Å². The molecule has 6 rings (SSSR count). The molecule has 0 aliphatic rings. The normalized spacial score (nSPS) is 11.5. The molecule has 0 radical (unpaired) electrons. The molecule has 2 heterocycles. The molecule has 0 aliphatic heterocycles. The number of rotatable bonds is 14. The summed E-state index contributed by atoms with van der Waals surface area (Å²) >= 11 is 11.7. The lowest BCUT2D eigenvalue weighted by atomic mass is 10.1. The van der Waals surface area contributed by atoms with Crippen LogP contribution in [-0.2, 0) is 39.6 Å². The van der Waals surface area contributed by atoms with Gasteiger partial charge in [0.15, 0.2) is 23.1 Å². The number of nitrogens with one attached hydrogen (secondary N) is 1. The number of benzene rings is 4. The number of hydrogen-bond acceptors (Lipinski definition) is 5. The van der Waals surface area contributed by atoms with Gasteiger partial charge in [-0.15, -0.1) is 13.2 Å². The van der Waals surface area contributed by atoms with Crippen LogP contribution in [0.1, 0.15) is 35.6 Å². The number of aromatic nitrogens is 2. The molecule has 6 aromatic rings. The van der Waals surface area contributed by atoms with E-state index in [-0.39, 0.29) is 29.8 Å². The van der Waals surface area contributed by atoms with E-state index in [0.29, 0.717) is 47.7 Å². The van der Waals surface area contributed by atoms with E-state index in [1.807, 2.05) is 43.1 Å². The summed E-state index contributed by atoms with van der Waals surface area (Å²) in [6.07, 6.45) is 1.46. The Kier molecular flexibility index (Phi) is 13.7. The van der Waals surface area contributed by atoms with Gasteiger partial charge in [0, 0.05) is 41.8 Å². The lowest BCUT2D eigenvalue weighted by molar-refractivity contribution is -0.274. The fourth-order valence-electron chi connectivity index (χ4n) is 6.17. The Morgan fingerprint density at radius 2 is 1.37 bits per heavy atom. The Hall–Kier alpha value is -4.49. The molecule has 0 saturated heterocycles. The predicted molar refractivity (Wildman–Crippen MR) is 204 cm³/mol. The second-order valence-corrected chi connectivity index (χ2v) is 13.4. The highest BCUT2D eigenvalue weighted by atomic mass is 35.5. The molecular formula is C40H41Cl2F5N4O3. The standard InChI is InChI=1S/C20H19ClF4N2O2.C20H22ClFN2O/c1-26-8-7-13-10-27(2)16-6-5-15(22)19(18(13)16)28-11-12-3-4-14(21)17(9-12)29-20(23,24)25;1-2-11-24-12-15(9-10-23)19-18(24)8-7-17(22)20(19)25-13-14-3-5-16(21)6-4-14/h3-6,9-10,26H,7-8,11H2,1-2H3;3-8,12H,2,9-11,13,23H2,1H3. The van der Waals surface area contributed by atoms with Gasteiger partial charge in [-0.3, -0.25) is 0 Å². The Balaban J connectivity index is 0.000000210. The van der Waals surface area contributed by atoms with E-state index in [1.165, 1.54) is 24.3 Å². The van der Waals surface area contributed by atoms with Crippen molar-refractivity contribution in [1.82, 2.24) is 14.5 Å². The van der Waals surface area contributed by atoms with Crippen molar-refractivity contribution >= 4 is 45.0 Å². The van der Waals surface area contributed by atoms with Crippen LogP contribution in [0.2, 0.25) is 10.0 Å². The number of alkyl halides is 3. The van der Waals surface area contributed by atoms with Crippen LogP contribution >= 0.6 is 23.2 Å². The minimum Gasteiger partial charge on any atom is -0.485 e. The van der Waals surface area contributed by atoms with Gasteiger partial charge in [0.05, 0.1) is 16.1 Å². The number of nitrogens with two attached hydrogens (primary N) is 1. The van der Waals surface area contributed by atoms with Crippen LogP contribution in [0, 0.1) is 11.6 Å². The molecule has 2 aromatic heterocycles. The lowest BCUT2D eigenvalue weighted by Gasteiger charge is -2.13. The number of halogens is 7. The zero-order valence-electron chi connectivity index (χ0n) is 30.0. The van der Waals surface area contributed by atoms with Crippen molar-refractivity contribution in [3.8, 4) is 17.2 Å². The molecule has 4 aromatic carbocycles. The Morgan fingerprint density at radius 1 is 0.778 bits per heavy atom. The van der Waals surface area contributed by atoms with Crippen molar-refractivity contribution < 1.29 is 36.2 Å². The fourth-order valence-corrected chi connectivity index (χ4v) is 6.45. The molecule has 0 spiro atoms. The number of fused-ring (bicyclic) bond motifs is 2. The molecule has 288 valence electrons. The predicted octanol–water partition coefficient (Wildman–Crippen LogP) is 10.1. The van der Waals surface area contributed by atoms with Gasteiger partial charge < -0.3 is 34.4 Å². The van der Waals surface area contributed by atoms with Gasteiger partial charge in [-0.25, -0.2) is 8.78 Å². The van der Waals surface area contributed by atoms with E-state index in [4.69, 9.17) is 38.4 Å². The largest absolute Gasteiger partial charge is 0.573 e. The van der Waals surface area contributed by atoms with Crippen molar-refractivity contribution in [1.29, 1.82) is 0 Å². The maximum atomic E-state index is 14.6. The van der Waals surface area contributed by atoms with Crippen molar-refractivity contribution in [2.75, 3.05) is 20.1 Å². The van der Waals surface area contributed by atoms with E-state index in [9.17, 15) is 22.0 Å². The molecule has 0 atom stereocenters. The summed E-state index contributed by atoms with van der Waals surface area (Å²) in [4.78, 5) is 0. The summed E-state index contributed by atoms with van der Waals surface area (Å²) in [7, 11) is 3.68. The molecular weight excluding hydrogens is 750 g/mol. The zero-order valence-corrected chi connectivity index (χ0v) is 31.5. The van der Waals surface area contributed by atoms with Crippen LogP contribution in [0.15, 0.2) is 79.1 Å². The highest BCUT2D eigenvalue weighted by Crippen LogP contribution is 2.36. The first-order valence-electron chi connectivity index (χ1n) is 17.3. The SMILES string of the molecule is CCCn1cc(CCN)c2c(OCc3ccc(Cl)cc3)c(F)ccc21.CNCCc1cn(C)c2ccc(F)c(OCc3ccc(Cl)c(OC(F)(F)F)c3)c12. The Labute approximate surface area is 320 Å². The van der Waals surface area contributed by atoms with Crippen molar-refractivity contribution in [2.24, 2.45) is 12.8 Å².